The molecule has 0 bridgehead atoms. The molecule has 3 heterocycles. The number of nitrogen functional groups attached to an aromatic ring is 1. The lowest BCUT2D eigenvalue weighted by Crippen LogP contribution is -2.46. The predicted octanol–water partition coefficient (Wildman–Crippen LogP) is 2.06. The van der Waals surface area contributed by atoms with E-state index in [1.807, 2.05) is 18.7 Å². The highest BCUT2D eigenvalue weighted by Gasteiger charge is 2.33. The summed E-state index contributed by atoms with van der Waals surface area (Å²) >= 11 is 0. The smallest absolute Gasteiger partial charge is 0.353 e. The standard InChI is InChI=1S/C17H28N6O3/c1-10-5-11(2)7-22(6-10)17-19-15(18)14(23(24)25)16(20-17)21-8-12(3)26-13(4)9-21/h10-13H,5-9H2,1-4H3,(H2,18,19,20). The fourth-order valence-corrected chi connectivity index (χ4v) is 4.16. The van der Waals surface area contributed by atoms with Crippen LogP contribution in [-0.4, -0.2) is 53.3 Å². The minimum absolute atomic E-state index is 0.0342. The lowest BCUT2D eigenvalue weighted by atomic mass is 9.92. The minimum Gasteiger partial charge on any atom is -0.378 e. The molecule has 0 aliphatic carbocycles. The van der Waals surface area contributed by atoms with Crippen LogP contribution in [0.15, 0.2) is 0 Å². The van der Waals surface area contributed by atoms with Crippen molar-refractivity contribution in [2.45, 2.75) is 46.3 Å². The van der Waals surface area contributed by atoms with Gasteiger partial charge in [-0.15, -0.1) is 0 Å². The van der Waals surface area contributed by atoms with E-state index in [1.54, 1.807) is 0 Å². The third-order valence-corrected chi connectivity index (χ3v) is 4.93. The number of ether oxygens (including phenoxy) is 1. The van der Waals surface area contributed by atoms with Gasteiger partial charge in [-0.1, -0.05) is 13.8 Å². The van der Waals surface area contributed by atoms with Crippen molar-refractivity contribution in [2.24, 2.45) is 11.8 Å². The zero-order valence-corrected chi connectivity index (χ0v) is 15.9. The first kappa shape index (κ1) is 18.6. The summed E-state index contributed by atoms with van der Waals surface area (Å²) in [6.45, 7) is 11.0. The number of anilines is 3. The molecule has 9 nitrogen and oxygen atoms in total. The second kappa shape index (κ2) is 7.22. The molecule has 2 aliphatic heterocycles. The van der Waals surface area contributed by atoms with Crippen molar-refractivity contribution in [3.63, 3.8) is 0 Å². The van der Waals surface area contributed by atoms with Crippen LogP contribution in [0.1, 0.15) is 34.1 Å². The van der Waals surface area contributed by atoms with Gasteiger partial charge in [0, 0.05) is 26.2 Å². The first-order valence-electron chi connectivity index (χ1n) is 9.21. The van der Waals surface area contributed by atoms with Crippen LogP contribution in [0.25, 0.3) is 0 Å². The summed E-state index contributed by atoms with van der Waals surface area (Å²) in [5.41, 5.74) is 5.78. The van der Waals surface area contributed by atoms with Crippen molar-refractivity contribution in [3.8, 4) is 0 Å². The number of morpholine rings is 1. The van der Waals surface area contributed by atoms with Crippen LogP contribution >= 0.6 is 0 Å². The molecule has 9 heteroatoms. The monoisotopic (exact) mass is 364 g/mol. The van der Waals surface area contributed by atoms with E-state index in [9.17, 15) is 10.1 Å². The van der Waals surface area contributed by atoms with Crippen molar-refractivity contribution >= 4 is 23.3 Å². The highest BCUT2D eigenvalue weighted by Crippen LogP contribution is 2.35. The van der Waals surface area contributed by atoms with Crippen LogP contribution in [0.2, 0.25) is 0 Å². The second-order valence-electron chi connectivity index (χ2n) is 7.85. The molecule has 4 unspecified atom stereocenters. The summed E-state index contributed by atoms with van der Waals surface area (Å²) in [5.74, 6) is 1.74. The minimum atomic E-state index is -0.485. The maximum Gasteiger partial charge on any atom is 0.353 e. The number of hydrogen-bond acceptors (Lipinski definition) is 8. The van der Waals surface area contributed by atoms with Gasteiger partial charge in [0.1, 0.15) is 0 Å². The Balaban J connectivity index is 2.01. The summed E-state index contributed by atoms with van der Waals surface area (Å²) in [6, 6.07) is 0. The molecule has 144 valence electrons. The number of rotatable bonds is 3. The molecule has 0 spiro atoms. The molecule has 0 saturated carbocycles. The lowest BCUT2D eigenvalue weighted by Gasteiger charge is -2.37. The topological polar surface area (TPSA) is 111 Å². The number of hydrogen-bond donors (Lipinski definition) is 1. The second-order valence-corrected chi connectivity index (χ2v) is 7.85. The van der Waals surface area contributed by atoms with Crippen molar-refractivity contribution < 1.29 is 9.66 Å². The van der Waals surface area contributed by atoms with Gasteiger partial charge in [-0.05, 0) is 32.1 Å². The van der Waals surface area contributed by atoms with Crippen molar-refractivity contribution in [1.29, 1.82) is 0 Å². The molecular weight excluding hydrogens is 336 g/mol. The van der Waals surface area contributed by atoms with Crippen molar-refractivity contribution in [2.75, 3.05) is 41.7 Å². The van der Waals surface area contributed by atoms with Crippen LogP contribution < -0.4 is 15.5 Å². The molecule has 4 atom stereocenters. The first-order valence-corrected chi connectivity index (χ1v) is 9.21. The Morgan fingerprint density at radius 3 is 2.15 bits per heavy atom. The van der Waals surface area contributed by atoms with Crippen LogP contribution in [0.5, 0.6) is 0 Å². The number of aromatic nitrogens is 2. The van der Waals surface area contributed by atoms with Gasteiger partial charge >= 0.3 is 5.69 Å². The molecule has 1 aromatic rings. The first-order chi connectivity index (χ1) is 12.2. The molecule has 2 aliphatic rings. The fourth-order valence-electron chi connectivity index (χ4n) is 4.16. The maximum absolute atomic E-state index is 11.6. The molecular formula is C17H28N6O3. The van der Waals surface area contributed by atoms with Gasteiger partial charge in [0.2, 0.25) is 17.6 Å². The van der Waals surface area contributed by atoms with E-state index in [2.05, 4.69) is 28.7 Å². The Labute approximate surface area is 153 Å². The summed E-state index contributed by atoms with van der Waals surface area (Å²) in [6.07, 6.45) is 1.09. The summed E-state index contributed by atoms with van der Waals surface area (Å²) < 4.78 is 5.75. The Hall–Kier alpha value is -2.16. The number of nitrogens with zero attached hydrogens (tertiary/aromatic N) is 5. The van der Waals surface area contributed by atoms with Crippen LogP contribution in [0.3, 0.4) is 0 Å². The fraction of sp³-hybridized carbons (Fsp3) is 0.765. The summed E-state index contributed by atoms with van der Waals surface area (Å²) in [4.78, 5) is 24.0. The summed E-state index contributed by atoms with van der Waals surface area (Å²) in [5, 5.41) is 11.6. The summed E-state index contributed by atoms with van der Waals surface area (Å²) in [7, 11) is 0. The Bertz CT molecular complexity index is 665. The third-order valence-electron chi connectivity index (χ3n) is 4.93. The maximum atomic E-state index is 11.6. The number of piperidine rings is 1. The van der Waals surface area contributed by atoms with E-state index in [0.29, 0.717) is 36.7 Å². The Morgan fingerprint density at radius 2 is 1.62 bits per heavy atom. The number of nitro groups is 1. The van der Waals surface area contributed by atoms with Crippen LogP contribution in [0, 0.1) is 22.0 Å². The molecule has 0 amide bonds. The van der Waals surface area contributed by atoms with Gasteiger partial charge in [0.05, 0.1) is 17.1 Å². The molecule has 2 N–H and O–H groups in total. The van der Waals surface area contributed by atoms with Crippen molar-refractivity contribution in [3.05, 3.63) is 10.1 Å². The molecule has 1 aromatic heterocycles. The van der Waals surface area contributed by atoms with Gasteiger partial charge in [0.25, 0.3) is 0 Å². The third kappa shape index (κ3) is 3.82. The van der Waals surface area contributed by atoms with E-state index in [4.69, 9.17) is 10.5 Å². The van der Waals surface area contributed by atoms with E-state index in [1.165, 1.54) is 0 Å². The zero-order chi connectivity index (χ0) is 19.0. The van der Waals surface area contributed by atoms with Crippen molar-refractivity contribution in [1.82, 2.24) is 9.97 Å². The molecule has 2 fully saturated rings. The lowest BCUT2D eigenvalue weighted by molar-refractivity contribution is -0.383. The zero-order valence-electron chi connectivity index (χ0n) is 15.9. The predicted molar refractivity (Wildman–Crippen MR) is 100 cm³/mol. The van der Waals surface area contributed by atoms with Gasteiger partial charge in [0.15, 0.2) is 0 Å². The quantitative estimate of drug-likeness (QED) is 0.641. The van der Waals surface area contributed by atoms with Gasteiger partial charge in [-0.25, -0.2) is 0 Å². The van der Waals surface area contributed by atoms with Gasteiger partial charge < -0.3 is 20.3 Å². The molecule has 0 radical (unpaired) electrons. The molecule has 2 saturated heterocycles. The number of nitrogens with two attached hydrogens (primary N) is 1. The van der Waals surface area contributed by atoms with E-state index in [0.717, 1.165) is 19.5 Å². The normalized spacial score (nSPS) is 29.7. The largest absolute Gasteiger partial charge is 0.378 e. The van der Waals surface area contributed by atoms with Gasteiger partial charge in [-0.2, -0.15) is 9.97 Å². The average Bonchev–Trinajstić information content (AvgIpc) is 2.51. The van der Waals surface area contributed by atoms with E-state index >= 15 is 0 Å². The Morgan fingerprint density at radius 1 is 1.04 bits per heavy atom. The highest BCUT2D eigenvalue weighted by molar-refractivity contribution is 5.71. The Kier molecular flexibility index (Phi) is 5.17. The van der Waals surface area contributed by atoms with E-state index in [-0.39, 0.29) is 23.7 Å². The van der Waals surface area contributed by atoms with Crippen LogP contribution in [0.4, 0.5) is 23.3 Å². The highest BCUT2D eigenvalue weighted by atomic mass is 16.6. The van der Waals surface area contributed by atoms with E-state index < -0.39 is 4.92 Å². The SMILES string of the molecule is CC1CC(C)CN(c2nc(N)c([N+](=O)[O-])c(N3CC(C)OC(C)C3)n2)C1. The average molecular weight is 364 g/mol. The molecule has 3 rings (SSSR count). The molecule has 0 aromatic carbocycles. The molecule has 26 heavy (non-hydrogen) atoms. The van der Waals surface area contributed by atoms with Crippen LogP contribution in [-0.2, 0) is 4.74 Å². The van der Waals surface area contributed by atoms with Gasteiger partial charge in [-0.3, -0.25) is 10.1 Å².